The van der Waals surface area contributed by atoms with Gasteiger partial charge in [0.25, 0.3) is 0 Å². The van der Waals surface area contributed by atoms with Crippen LogP contribution in [0.3, 0.4) is 0 Å². The van der Waals surface area contributed by atoms with Crippen LogP contribution < -0.4 is 0 Å². The van der Waals surface area contributed by atoms with Crippen LogP contribution in [0.1, 0.15) is 57.2 Å². The number of carbonyl (C=O) groups is 1. The molecule has 2 aliphatic rings. The van der Waals surface area contributed by atoms with Crippen molar-refractivity contribution in [2.24, 2.45) is 0 Å². The highest BCUT2D eigenvalue weighted by Gasteiger charge is 2.32. The maximum absolute atomic E-state index is 12.9. The number of rotatable bonds is 5. The number of thioether (sulfide) groups is 1. The zero-order chi connectivity index (χ0) is 17.9. The molecule has 26 heavy (non-hydrogen) atoms. The fourth-order valence-electron chi connectivity index (χ4n) is 3.54. The summed E-state index contributed by atoms with van der Waals surface area (Å²) in [7, 11) is 0. The molecule has 4 rings (SSSR count). The second kappa shape index (κ2) is 7.82. The molecule has 6 heteroatoms. The van der Waals surface area contributed by atoms with E-state index in [1.807, 2.05) is 30.0 Å². The molecule has 1 atom stereocenters. The Morgan fingerprint density at radius 3 is 2.42 bits per heavy atom. The van der Waals surface area contributed by atoms with Crippen molar-refractivity contribution in [3.8, 4) is 5.69 Å². The molecule has 0 radical (unpaired) electrons. The van der Waals surface area contributed by atoms with E-state index in [1.54, 1.807) is 0 Å². The van der Waals surface area contributed by atoms with Crippen molar-refractivity contribution < 1.29 is 4.79 Å². The van der Waals surface area contributed by atoms with Gasteiger partial charge in [-0.15, -0.1) is 10.2 Å². The number of amides is 1. The quantitative estimate of drug-likeness (QED) is 0.746. The molecule has 2 heterocycles. The van der Waals surface area contributed by atoms with Gasteiger partial charge < -0.3 is 4.90 Å². The van der Waals surface area contributed by atoms with Gasteiger partial charge >= 0.3 is 0 Å². The maximum Gasteiger partial charge on any atom is 0.235 e. The van der Waals surface area contributed by atoms with Gasteiger partial charge in [-0.25, -0.2) is 0 Å². The molecule has 0 spiro atoms. The van der Waals surface area contributed by atoms with Crippen molar-refractivity contribution in [3.05, 3.63) is 36.2 Å². The van der Waals surface area contributed by atoms with E-state index in [4.69, 9.17) is 0 Å². The van der Waals surface area contributed by atoms with Crippen LogP contribution in [0.5, 0.6) is 0 Å². The molecule has 1 amide bonds. The number of benzene rings is 1. The Labute approximate surface area is 159 Å². The van der Waals surface area contributed by atoms with Gasteiger partial charge in [-0.1, -0.05) is 42.8 Å². The summed E-state index contributed by atoms with van der Waals surface area (Å²) < 4.78 is 2.15. The zero-order valence-electron chi connectivity index (χ0n) is 15.3. The van der Waals surface area contributed by atoms with Gasteiger partial charge in [0.05, 0.1) is 5.25 Å². The molecule has 1 aliphatic heterocycles. The van der Waals surface area contributed by atoms with Crippen molar-refractivity contribution in [3.63, 3.8) is 0 Å². The SMILES string of the molecule is C[C@@H](Sc1nnc(C2CC2)n1-c1ccccc1)C(=O)N1CCCCCC1. The van der Waals surface area contributed by atoms with Crippen LogP contribution >= 0.6 is 11.8 Å². The van der Waals surface area contributed by atoms with Crippen LogP contribution in [-0.2, 0) is 4.79 Å². The minimum absolute atomic E-state index is 0.146. The second-order valence-electron chi connectivity index (χ2n) is 7.29. The largest absolute Gasteiger partial charge is 0.342 e. The number of hydrogen-bond donors (Lipinski definition) is 0. The van der Waals surface area contributed by atoms with Crippen molar-refractivity contribution >= 4 is 17.7 Å². The predicted octanol–water partition coefficient (Wildman–Crippen LogP) is 4.03. The fraction of sp³-hybridized carbons (Fsp3) is 0.550. The summed E-state index contributed by atoms with van der Waals surface area (Å²) in [5, 5.41) is 9.59. The lowest BCUT2D eigenvalue weighted by molar-refractivity contribution is -0.130. The lowest BCUT2D eigenvalue weighted by atomic mass is 10.2. The first-order valence-electron chi connectivity index (χ1n) is 9.70. The summed E-state index contributed by atoms with van der Waals surface area (Å²) >= 11 is 1.54. The van der Waals surface area contributed by atoms with Crippen LogP contribution in [0, 0.1) is 0 Å². The zero-order valence-corrected chi connectivity index (χ0v) is 16.1. The Balaban J connectivity index is 1.55. The Kier molecular flexibility index (Phi) is 5.29. The van der Waals surface area contributed by atoms with Crippen LogP contribution in [0.15, 0.2) is 35.5 Å². The van der Waals surface area contributed by atoms with E-state index in [-0.39, 0.29) is 11.2 Å². The van der Waals surface area contributed by atoms with Gasteiger partial charge in [0.1, 0.15) is 5.82 Å². The fourth-order valence-corrected chi connectivity index (χ4v) is 4.50. The molecule has 1 aliphatic carbocycles. The van der Waals surface area contributed by atoms with Gasteiger partial charge in [-0.05, 0) is 44.7 Å². The molecule has 0 unspecified atom stereocenters. The summed E-state index contributed by atoms with van der Waals surface area (Å²) in [6.45, 7) is 3.78. The topological polar surface area (TPSA) is 51.0 Å². The van der Waals surface area contributed by atoms with E-state index >= 15 is 0 Å². The van der Waals surface area contributed by atoms with Crippen molar-refractivity contribution in [1.29, 1.82) is 0 Å². The minimum Gasteiger partial charge on any atom is -0.342 e. The third-order valence-corrected chi connectivity index (χ3v) is 6.19. The normalized spacial score (nSPS) is 19.2. The molecule has 5 nitrogen and oxygen atoms in total. The van der Waals surface area contributed by atoms with Crippen molar-refractivity contribution in [2.45, 2.75) is 61.8 Å². The Bertz CT molecular complexity index is 748. The highest BCUT2D eigenvalue weighted by molar-refractivity contribution is 8.00. The highest BCUT2D eigenvalue weighted by Crippen LogP contribution is 2.41. The van der Waals surface area contributed by atoms with Gasteiger partial charge in [0, 0.05) is 24.7 Å². The van der Waals surface area contributed by atoms with Crippen LogP contribution in [0.25, 0.3) is 5.69 Å². The molecular weight excluding hydrogens is 344 g/mol. The van der Waals surface area contributed by atoms with Crippen LogP contribution in [-0.4, -0.2) is 43.9 Å². The third kappa shape index (κ3) is 3.80. The van der Waals surface area contributed by atoms with E-state index in [0.29, 0.717) is 5.92 Å². The van der Waals surface area contributed by atoms with Gasteiger partial charge in [-0.3, -0.25) is 9.36 Å². The maximum atomic E-state index is 12.9. The van der Waals surface area contributed by atoms with E-state index < -0.39 is 0 Å². The first-order valence-corrected chi connectivity index (χ1v) is 10.6. The monoisotopic (exact) mass is 370 g/mol. The standard InChI is InChI=1S/C20H26N4OS/c1-15(19(25)23-13-7-2-3-8-14-23)26-20-22-21-18(16-11-12-16)24(20)17-9-5-4-6-10-17/h4-6,9-10,15-16H,2-3,7-8,11-14H2,1H3/t15-/m1/s1. The smallest absolute Gasteiger partial charge is 0.235 e. The molecule has 0 N–H and O–H groups in total. The first-order chi connectivity index (χ1) is 12.7. The molecule has 0 bridgehead atoms. The number of likely N-dealkylation sites (tertiary alicyclic amines) is 1. The third-order valence-electron chi connectivity index (χ3n) is 5.16. The van der Waals surface area contributed by atoms with E-state index in [9.17, 15) is 4.79 Å². The van der Waals surface area contributed by atoms with Gasteiger partial charge in [0.15, 0.2) is 5.16 Å². The average Bonchev–Trinajstić information content (AvgIpc) is 3.47. The lowest BCUT2D eigenvalue weighted by Crippen LogP contribution is -2.37. The number of para-hydroxylation sites is 1. The Hall–Kier alpha value is -1.82. The minimum atomic E-state index is -0.146. The molecule has 1 aromatic heterocycles. The highest BCUT2D eigenvalue weighted by atomic mass is 32.2. The van der Waals surface area contributed by atoms with E-state index in [0.717, 1.165) is 42.6 Å². The first kappa shape index (κ1) is 17.6. The Morgan fingerprint density at radius 1 is 1.08 bits per heavy atom. The van der Waals surface area contributed by atoms with Crippen LogP contribution in [0.2, 0.25) is 0 Å². The summed E-state index contributed by atoms with van der Waals surface area (Å²) in [6.07, 6.45) is 7.07. The second-order valence-corrected chi connectivity index (χ2v) is 8.59. The average molecular weight is 371 g/mol. The number of hydrogen-bond acceptors (Lipinski definition) is 4. The summed E-state index contributed by atoms with van der Waals surface area (Å²) in [6, 6.07) is 10.3. The number of aromatic nitrogens is 3. The predicted molar refractivity (Wildman–Crippen MR) is 104 cm³/mol. The molecule has 1 saturated carbocycles. The number of carbonyl (C=O) groups excluding carboxylic acids is 1. The van der Waals surface area contributed by atoms with Crippen molar-refractivity contribution in [1.82, 2.24) is 19.7 Å². The van der Waals surface area contributed by atoms with Crippen molar-refractivity contribution in [2.75, 3.05) is 13.1 Å². The van der Waals surface area contributed by atoms with Gasteiger partial charge in [0.2, 0.25) is 5.91 Å². The molecular formula is C20H26N4OS. The van der Waals surface area contributed by atoms with Gasteiger partial charge in [-0.2, -0.15) is 0 Å². The molecule has 1 saturated heterocycles. The summed E-state index contributed by atoms with van der Waals surface area (Å²) in [4.78, 5) is 14.9. The Morgan fingerprint density at radius 2 is 1.77 bits per heavy atom. The van der Waals surface area contributed by atoms with Crippen LogP contribution in [0.4, 0.5) is 0 Å². The molecule has 138 valence electrons. The lowest BCUT2D eigenvalue weighted by Gasteiger charge is -2.23. The van der Waals surface area contributed by atoms with E-state index in [2.05, 4.69) is 26.9 Å². The molecule has 2 fully saturated rings. The molecule has 1 aromatic carbocycles. The molecule has 2 aromatic rings. The summed E-state index contributed by atoms with van der Waals surface area (Å²) in [5.41, 5.74) is 1.08. The summed E-state index contributed by atoms with van der Waals surface area (Å²) in [5.74, 6) is 1.77. The van der Waals surface area contributed by atoms with E-state index in [1.165, 1.54) is 37.4 Å². The number of nitrogens with zero attached hydrogens (tertiary/aromatic N) is 4.